The molecule has 0 aliphatic heterocycles. The molecule has 0 saturated heterocycles. The van der Waals surface area contributed by atoms with Gasteiger partial charge in [-0.05, 0) is 33.0 Å². The Labute approximate surface area is 117 Å². The van der Waals surface area contributed by atoms with Gasteiger partial charge in [0.05, 0.1) is 4.47 Å². The molecule has 6 heteroatoms. The molecule has 0 fully saturated rings. The summed E-state index contributed by atoms with van der Waals surface area (Å²) < 4.78 is 40.4. The molecule has 2 rings (SSSR count). The molecule has 2 radical (unpaired) electrons. The van der Waals surface area contributed by atoms with Crippen molar-refractivity contribution in [2.24, 2.45) is 0 Å². The van der Waals surface area contributed by atoms with Crippen LogP contribution in [0.25, 0.3) is 11.1 Å². The van der Waals surface area contributed by atoms with Gasteiger partial charge in [-0.2, -0.15) is 0 Å². The van der Waals surface area contributed by atoms with Crippen LogP contribution in [0.3, 0.4) is 0 Å². The minimum absolute atomic E-state index is 0.130. The number of carbonyl (C=O) groups is 1. The van der Waals surface area contributed by atoms with E-state index in [-0.39, 0.29) is 11.1 Å². The summed E-state index contributed by atoms with van der Waals surface area (Å²) in [4.78, 5) is 10.7. The highest BCUT2D eigenvalue weighted by Crippen LogP contribution is 2.29. The van der Waals surface area contributed by atoms with Crippen molar-refractivity contribution < 1.29 is 18.0 Å². The Morgan fingerprint density at radius 1 is 1.11 bits per heavy atom. The summed E-state index contributed by atoms with van der Waals surface area (Å²) in [7, 11) is 5.48. The molecule has 94 valence electrons. The molecule has 2 aromatic rings. The zero-order valence-electron chi connectivity index (χ0n) is 9.38. The molecule has 0 amide bonds. The zero-order chi connectivity index (χ0) is 14.2. The maximum atomic E-state index is 13.9. The standard InChI is InChI=1S/C13H5BBrF3O/c14-9-8(7-3-1-2-6(4-7)5-19)11(16)13(18)10(15)12(9)17/h1-5H. The van der Waals surface area contributed by atoms with Gasteiger partial charge >= 0.3 is 0 Å². The van der Waals surface area contributed by atoms with E-state index in [1.807, 2.05) is 0 Å². The average Bonchev–Trinajstić information content (AvgIpc) is 2.43. The number of hydrogen-bond acceptors (Lipinski definition) is 1. The van der Waals surface area contributed by atoms with E-state index in [1.165, 1.54) is 24.3 Å². The molecule has 0 atom stereocenters. The number of hydrogen-bond donors (Lipinski definition) is 0. The van der Waals surface area contributed by atoms with E-state index in [0.717, 1.165) is 0 Å². The lowest BCUT2D eigenvalue weighted by molar-refractivity contribution is 0.112. The van der Waals surface area contributed by atoms with Gasteiger partial charge in [0.2, 0.25) is 0 Å². The molecule has 0 saturated carbocycles. The lowest BCUT2D eigenvalue weighted by atomic mass is 9.85. The highest BCUT2D eigenvalue weighted by atomic mass is 79.9. The predicted molar refractivity (Wildman–Crippen MR) is 70.2 cm³/mol. The van der Waals surface area contributed by atoms with Gasteiger partial charge in [0.15, 0.2) is 11.6 Å². The zero-order valence-corrected chi connectivity index (χ0v) is 11.0. The van der Waals surface area contributed by atoms with Gasteiger partial charge in [-0.1, -0.05) is 18.2 Å². The Hall–Kier alpha value is -1.56. The normalized spacial score (nSPS) is 10.5. The third-order valence-corrected chi connectivity index (χ3v) is 3.31. The third-order valence-electron chi connectivity index (χ3n) is 2.61. The van der Waals surface area contributed by atoms with Crippen LogP contribution in [0.5, 0.6) is 0 Å². The predicted octanol–water partition coefficient (Wildman–Crippen LogP) is 3.14. The molecule has 0 spiro atoms. The number of benzene rings is 2. The Bertz CT molecular complexity index is 644. The van der Waals surface area contributed by atoms with E-state index in [2.05, 4.69) is 15.9 Å². The van der Waals surface area contributed by atoms with Crippen molar-refractivity contribution in [1.29, 1.82) is 0 Å². The lowest BCUT2D eigenvalue weighted by Gasteiger charge is -2.12. The third kappa shape index (κ3) is 2.32. The minimum atomic E-state index is -1.36. The summed E-state index contributed by atoms with van der Waals surface area (Å²) in [6, 6.07) is 5.66. The molecule has 0 aliphatic carbocycles. The Morgan fingerprint density at radius 2 is 1.79 bits per heavy atom. The molecule has 19 heavy (non-hydrogen) atoms. The fourth-order valence-electron chi connectivity index (χ4n) is 1.70. The van der Waals surface area contributed by atoms with E-state index < -0.39 is 33.0 Å². The number of rotatable bonds is 2. The quantitative estimate of drug-likeness (QED) is 0.359. The van der Waals surface area contributed by atoms with Crippen molar-refractivity contribution in [3.05, 3.63) is 51.8 Å². The fourth-order valence-corrected chi connectivity index (χ4v) is 2.09. The van der Waals surface area contributed by atoms with Crippen LogP contribution in [0.2, 0.25) is 0 Å². The number of carbonyl (C=O) groups excluding carboxylic acids is 1. The molecule has 1 nitrogen and oxygen atoms in total. The Kier molecular flexibility index (Phi) is 3.80. The van der Waals surface area contributed by atoms with Crippen molar-refractivity contribution in [1.82, 2.24) is 0 Å². The summed E-state index contributed by atoms with van der Waals surface area (Å²) in [5, 5.41) is 0. The van der Waals surface area contributed by atoms with Crippen molar-refractivity contribution in [3.8, 4) is 11.1 Å². The van der Waals surface area contributed by atoms with Crippen molar-refractivity contribution >= 4 is 35.5 Å². The average molecular weight is 325 g/mol. The molecule has 2 aromatic carbocycles. The Morgan fingerprint density at radius 3 is 2.42 bits per heavy atom. The van der Waals surface area contributed by atoms with Crippen molar-refractivity contribution in [2.45, 2.75) is 0 Å². The highest BCUT2D eigenvalue weighted by molar-refractivity contribution is 9.10. The van der Waals surface area contributed by atoms with Gasteiger partial charge in [0.1, 0.15) is 19.9 Å². The first kappa shape index (κ1) is 13.9. The lowest BCUT2D eigenvalue weighted by Crippen LogP contribution is -2.17. The largest absolute Gasteiger partial charge is 0.298 e. The van der Waals surface area contributed by atoms with Gasteiger partial charge in [-0.15, -0.1) is 0 Å². The second-order valence-corrected chi connectivity index (χ2v) is 4.58. The van der Waals surface area contributed by atoms with Gasteiger partial charge in [0.25, 0.3) is 0 Å². The maximum Gasteiger partial charge on any atom is 0.176 e. The second-order valence-electron chi connectivity index (χ2n) is 3.79. The van der Waals surface area contributed by atoms with E-state index >= 15 is 0 Å². The van der Waals surface area contributed by atoms with Crippen LogP contribution in [0.4, 0.5) is 13.2 Å². The van der Waals surface area contributed by atoms with Crippen molar-refractivity contribution in [3.63, 3.8) is 0 Å². The number of halogens is 4. The second kappa shape index (κ2) is 5.21. The fraction of sp³-hybridized carbons (Fsp3) is 0. The van der Waals surface area contributed by atoms with E-state index in [9.17, 15) is 18.0 Å². The first-order chi connectivity index (χ1) is 8.97. The van der Waals surface area contributed by atoms with Gasteiger partial charge in [-0.25, -0.2) is 13.2 Å². The summed E-state index contributed by atoms with van der Waals surface area (Å²) in [6.45, 7) is 0. The smallest absolute Gasteiger partial charge is 0.176 e. The summed E-state index contributed by atoms with van der Waals surface area (Å²) >= 11 is 2.59. The monoisotopic (exact) mass is 324 g/mol. The van der Waals surface area contributed by atoms with Crippen LogP contribution < -0.4 is 5.46 Å². The molecule has 0 aromatic heterocycles. The molecular formula is C13H5BBrF3O. The highest BCUT2D eigenvalue weighted by Gasteiger charge is 2.21. The molecule has 0 aliphatic rings. The van der Waals surface area contributed by atoms with Crippen LogP contribution >= 0.6 is 15.9 Å². The van der Waals surface area contributed by atoms with Crippen LogP contribution in [-0.4, -0.2) is 14.1 Å². The van der Waals surface area contributed by atoms with E-state index in [1.54, 1.807) is 0 Å². The summed E-state index contributed by atoms with van der Waals surface area (Å²) in [6.07, 6.45) is 0.545. The van der Waals surface area contributed by atoms with Gasteiger partial charge in [0, 0.05) is 11.1 Å². The SMILES string of the molecule is [B]c1c(F)c(Br)c(F)c(F)c1-c1cccc(C=O)c1. The molecule has 0 bridgehead atoms. The van der Waals surface area contributed by atoms with Gasteiger partial charge < -0.3 is 0 Å². The maximum absolute atomic E-state index is 13.9. The van der Waals surface area contributed by atoms with Crippen LogP contribution in [0.1, 0.15) is 10.4 Å². The first-order valence-corrected chi connectivity index (χ1v) is 5.93. The van der Waals surface area contributed by atoms with E-state index in [0.29, 0.717) is 6.29 Å². The van der Waals surface area contributed by atoms with Crippen LogP contribution in [0.15, 0.2) is 28.7 Å². The van der Waals surface area contributed by atoms with Gasteiger partial charge in [-0.3, -0.25) is 4.79 Å². The number of aldehydes is 1. The summed E-state index contributed by atoms with van der Waals surface area (Å²) in [5.41, 5.74) is -0.541. The van der Waals surface area contributed by atoms with E-state index in [4.69, 9.17) is 7.85 Å². The van der Waals surface area contributed by atoms with Crippen LogP contribution in [0, 0.1) is 17.5 Å². The van der Waals surface area contributed by atoms with Crippen LogP contribution in [-0.2, 0) is 0 Å². The Balaban J connectivity index is 2.78. The molecule has 0 N–H and O–H groups in total. The molecular weight excluding hydrogens is 320 g/mol. The topological polar surface area (TPSA) is 17.1 Å². The summed E-state index contributed by atoms with van der Waals surface area (Å²) in [5.74, 6) is -3.71. The molecule has 0 heterocycles. The van der Waals surface area contributed by atoms with Crippen molar-refractivity contribution in [2.75, 3.05) is 0 Å². The minimum Gasteiger partial charge on any atom is -0.298 e. The first-order valence-electron chi connectivity index (χ1n) is 5.14. The molecule has 0 unspecified atom stereocenters.